The second-order valence-corrected chi connectivity index (χ2v) is 8.99. The van der Waals surface area contributed by atoms with Crippen molar-refractivity contribution in [3.05, 3.63) is 58.8 Å². The summed E-state index contributed by atoms with van der Waals surface area (Å²) in [4.78, 5) is 25.9. The molecule has 2 amide bonds. The van der Waals surface area contributed by atoms with Crippen LogP contribution < -0.4 is 0 Å². The van der Waals surface area contributed by atoms with Crippen molar-refractivity contribution in [3.8, 4) is 11.3 Å². The highest BCUT2D eigenvalue weighted by atomic mass is 35.5. The number of hydrogen-bond acceptors (Lipinski definition) is 4. The highest BCUT2D eigenvalue weighted by molar-refractivity contribution is 6.30. The number of amides is 2. The molecule has 0 spiro atoms. The molecule has 146 valence electrons. The molecule has 29 heavy (non-hydrogen) atoms. The molecular formula is C23H19ClN2O3. The predicted molar refractivity (Wildman–Crippen MR) is 108 cm³/mol. The zero-order valence-electron chi connectivity index (χ0n) is 15.8. The number of allylic oxidation sites excluding steroid dienone is 2. The molecule has 1 aromatic carbocycles. The first-order valence-electron chi connectivity index (χ1n) is 9.99. The monoisotopic (exact) mass is 406 g/mol. The third-order valence-electron chi connectivity index (χ3n) is 7.03. The van der Waals surface area contributed by atoms with Gasteiger partial charge in [-0.1, -0.05) is 29.8 Å². The van der Waals surface area contributed by atoms with E-state index in [9.17, 15) is 9.59 Å². The summed E-state index contributed by atoms with van der Waals surface area (Å²) < 4.78 is 5.86. The van der Waals surface area contributed by atoms with Gasteiger partial charge in [-0.15, -0.1) is 0 Å². The van der Waals surface area contributed by atoms with E-state index in [4.69, 9.17) is 16.0 Å². The van der Waals surface area contributed by atoms with Crippen LogP contribution in [0, 0.1) is 42.4 Å². The molecule has 1 aromatic heterocycles. The van der Waals surface area contributed by atoms with Crippen LogP contribution in [0.15, 0.2) is 52.0 Å². The van der Waals surface area contributed by atoms with Crippen molar-refractivity contribution in [2.45, 2.75) is 13.3 Å². The van der Waals surface area contributed by atoms with Crippen LogP contribution in [0.1, 0.15) is 17.7 Å². The van der Waals surface area contributed by atoms with Crippen molar-refractivity contribution in [1.82, 2.24) is 5.01 Å². The van der Waals surface area contributed by atoms with Gasteiger partial charge in [0.15, 0.2) is 0 Å². The Balaban J connectivity index is 1.26. The minimum Gasteiger partial charge on any atom is -0.455 e. The highest BCUT2D eigenvalue weighted by Crippen LogP contribution is 2.65. The van der Waals surface area contributed by atoms with Gasteiger partial charge in [0.2, 0.25) is 0 Å². The van der Waals surface area contributed by atoms with Crippen molar-refractivity contribution in [2.75, 3.05) is 0 Å². The Morgan fingerprint density at radius 1 is 1.07 bits per heavy atom. The molecule has 2 saturated carbocycles. The fraction of sp³-hybridized carbons (Fsp3) is 0.348. The second-order valence-electron chi connectivity index (χ2n) is 8.55. The zero-order chi connectivity index (χ0) is 19.9. The molecule has 0 N–H and O–H groups in total. The highest BCUT2D eigenvalue weighted by Gasteiger charge is 2.67. The number of carbonyl (C=O) groups is 2. The van der Waals surface area contributed by atoms with Gasteiger partial charge in [0.25, 0.3) is 11.8 Å². The van der Waals surface area contributed by atoms with Gasteiger partial charge in [-0.2, -0.15) is 10.1 Å². The smallest absolute Gasteiger partial charge is 0.254 e. The van der Waals surface area contributed by atoms with Gasteiger partial charge in [-0.25, -0.2) is 0 Å². The van der Waals surface area contributed by atoms with Crippen LogP contribution in [0.4, 0.5) is 0 Å². The SMILES string of the molecule is Cc1ccc(Cl)cc1-c1ccc(C=NN2C(=O)[C@@H]3[C@H]4C=C[C@@H]([C@@H]5C[C@H]45)[C@@H]3C2=O)o1. The molecule has 6 atom stereocenters. The zero-order valence-corrected chi connectivity index (χ0v) is 16.5. The summed E-state index contributed by atoms with van der Waals surface area (Å²) >= 11 is 6.10. The molecule has 2 heterocycles. The Bertz CT molecular complexity index is 1080. The van der Waals surface area contributed by atoms with Crippen molar-refractivity contribution in [1.29, 1.82) is 0 Å². The molecule has 2 aromatic rings. The topological polar surface area (TPSA) is 62.9 Å². The van der Waals surface area contributed by atoms with Crippen LogP contribution >= 0.6 is 11.6 Å². The van der Waals surface area contributed by atoms with E-state index in [1.807, 2.05) is 31.2 Å². The van der Waals surface area contributed by atoms with Crippen molar-refractivity contribution in [3.63, 3.8) is 0 Å². The molecule has 7 rings (SSSR count). The van der Waals surface area contributed by atoms with Crippen molar-refractivity contribution in [2.24, 2.45) is 40.6 Å². The number of benzene rings is 1. The van der Waals surface area contributed by atoms with Gasteiger partial charge in [0, 0.05) is 10.6 Å². The minimum absolute atomic E-state index is 0.168. The van der Waals surface area contributed by atoms with E-state index in [0.29, 0.717) is 28.4 Å². The van der Waals surface area contributed by atoms with E-state index in [-0.39, 0.29) is 35.5 Å². The molecule has 4 aliphatic carbocycles. The lowest BCUT2D eigenvalue weighted by Crippen LogP contribution is -2.40. The van der Waals surface area contributed by atoms with E-state index < -0.39 is 0 Å². The van der Waals surface area contributed by atoms with Gasteiger partial charge < -0.3 is 4.42 Å². The third-order valence-corrected chi connectivity index (χ3v) is 7.27. The Hall–Kier alpha value is -2.66. The number of hydrazone groups is 1. The van der Waals surface area contributed by atoms with E-state index in [2.05, 4.69) is 17.3 Å². The van der Waals surface area contributed by atoms with Crippen LogP contribution in [0.5, 0.6) is 0 Å². The average molecular weight is 407 g/mol. The maximum Gasteiger partial charge on any atom is 0.254 e. The lowest BCUT2D eigenvalue weighted by Gasteiger charge is -2.37. The maximum atomic E-state index is 12.9. The molecule has 5 aliphatic rings. The second kappa shape index (κ2) is 5.92. The Morgan fingerprint density at radius 3 is 2.45 bits per heavy atom. The van der Waals surface area contributed by atoms with Crippen LogP contribution in [-0.2, 0) is 9.59 Å². The first-order valence-corrected chi connectivity index (χ1v) is 10.4. The van der Waals surface area contributed by atoms with Gasteiger partial charge in [-0.05, 0) is 66.8 Å². The first-order chi connectivity index (χ1) is 14.0. The van der Waals surface area contributed by atoms with Gasteiger partial charge >= 0.3 is 0 Å². The maximum absolute atomic E-state index is 12.9. The third kappa shape index (κ3) is 2.43. The van der Waals surface area contributed by atoms with E-state index >= 15 is 0 Å². The normalized spacial score (nSPS) is 34.2. The Labute approximate surface area is 173 Å². The molecule has 5 nitrogen and oxygen atoms in total. The van der Waals surface area contributed by atoms with Crippen LogP contribution in [-0.4, -0.2) is 23.0 Å². The fourth-order valence-electron chi connectivity index (χ4n) is 5.60. The number of imide groups is 1. The summed E-state index contributed by atoms with van der Waals surface area (Å²) in [6, 6.07) is 9.23. The molecule has 1 saturated heterocycles. The van der Waals surface area contributed by atoms with Gasteiger partial charge in [0.05, 0.1) is 18.1 Å². The predicted octanol–water partition coefficient (Wildman–Crippen LogP) is 4.30. The first kappa shape index (κ1) is 17.2. The number of aryl methyl sites for hydroxylation is 1. The summed E-state index contributed by atoms with van der Waals surface area (Å²) in [5, 5.41) is 5.93. The van der Waals surface area contributed by atoms with Gasteiger partial charge in [0.1, 0.15) is 11.5 Å². The van der Waals surface area contributed by atoms with Crippen LogP contribution in [0.2, 0.25) is 5.02 Å². The summed E-state index contributed by atoms with van der Waals surface area (Å²) in [5.41, 5.74) is 1.95. The number of carbonyl (C=O) groups excluding carboxylic acids is 2. The molecule has 0 radical (unpaired) electrons. The standard InChI is InChI=1S/C23H19ClN2O3/c1-11-2-3-12(24)8-16(11)19-7-4-13(29-19)10-25-26-22(27)20-14-5-6-15(18-9-17(14)18)21(20)23(26)28/h2-8,10,14-15,17-18,20-21H,9H2,1H3/t14-,15-,17-,18+,20-,21+/m0/s1. The number of furan rings is 1. The minimum atomic E-state index is -0.236. The fourth-order valence-corrected chi connectivity index (χ4v) is 5.77. The lowest BCUT2D eigenvalue weighted by molar-refractivity contribution is -0.140. The summed E-state index contributed by atoms with van der Waals surface area (Å²) in [7, 11) is 0. The average Bonchev–Trinajstić information content (AvgIpc) is 3.36. The Kier molecular flexibility index (Phi) is 3.52. The van der Waals surface area contributed by atoms with Crippen molar-refractivity contribution >= 4 is 29.6 Å². The van der Waals surface area contributed by atoms with Crippen LogP contribution in [0.25, 0.3) is 11.3 Å². The number of hydrogen-bond donors (Lipinski definition) is 0. The molecular weight excluding hydrogens is 388 g/mol. The summed E-state index contributed by atoms with van der Waals surface area (Å²) in [6.45, 7) is 1.98. The number of halogens is 1. The Morgan fingerprint density at radius 2 is 1.76 bits per heavy atom. The summed E-state index contributed by atoms with van der Waals surface area (Å²) in [6.07, 6.45) is 6.92. The van der Waals surface area contributed by atoms with Crippen LogP contribution in [0.3, 0.4) is 0 Å². The molecule has 0 unspecified atom stereocenters. The van der Waals surface area contributed by atoms with E-state index in [1.165, 1.54) is 6.21 Å². The molecule has 2 bridgehead atoms. The lowest BCUT2D eigenvalue weighted by atomic mass is 9.63. The summed E-state index contributed by atoms with van der Waals surface area (Å²) in [5.74, 6) is 1.91. The number of rotatable bonds is 3. The molecule has 6 heteroatoms. The number of nitrogens with zero attached hydrogens (tertiary/aromatic N) is 2. The van der Waals surface area contributed by atoms with E-state index in [1.54, 1.807) is 6.07 Å². The quantitative estimate of drug-likeness (QED) is 0.434. The van der Waals surface area contributed by atoms with Gasteiger partial charge in [-0.3, -0.25) is 9.59 Å². The van der Waals surface area contributed by atoms with E-state index in [0.717, 1.165) is 22.6 Å². The molecule has 1 aliphatic heterocycles. The largest absolute Gasteiger partial charge is 0.455 e. The molecule has 3 fully saturated rings. The van der Waals surface area contributed by atoms with Crippen molar-refractivity contribution < 1.29 is 14.0 Å².